The molecule has 1 aliphatic carbocycles. The van der Waals surface area contributed by atoms with Gasteiger partial charge in [0.1, 0.15) is 0 Å². The van der Waals surface area contributed by atoms with E-state index in [4.69, 9.17) is 0 Å². The molecule has 70 valence electrons. The summed E-state index contributed by atoms with van der Waals surface area (Å²) in [6.07, 6.45) is 2.78. The van der Waals surface area contributed by atoms with Gasteiger partial charge >= 0.3 is 0 Å². The molecule has 1 unspecified atom stereocenters. The van der Waals surface area contributed by atoms with Crippen LogP contribution in [-0.2, 0) is 0 Å². The molecule has 1 aliphatic rings. The summed E-state index contributed by atoms with van der Waals surface area (Å²) in [4.78, 5) is 0.473. The lowest BCUT2D eigenvalue weighted by molar-refractivity contribution is 1.06. The zero-order chi connectivity index (χ0) is 9.42. The van der Waals surface area contributed by atoms with E-state index in [1.54, 1.807) is 0 Å². The van der Waals surface area contributed by atoms with Gasteiger partial charge in [-0.15, -0.1) is 0 Å². The van der Waals surface area contributed by atoms with Gasteiger partial charge in [-0.05, 0) is 49.3 Å². The van der Waals surface area contributed by atoms with E-state index in [0.717, 1.165) is 5.92 Å². The molecule has 0 amide bonds. The van der Waals surface area contributed by atoms with Crippen LogP contribution in [0.3, 0.4) is 0 Å². The highest BCUT2D eigenvalue weighted by atomic mass is 79.9. The summed E-state index contributed by atoms with van der Waals surface area (Å²) in [6.45, 7) is 4.39. The number of hydrogen-bond donors (Lipinski definition) is 0. The highest BCUT2D eigenvalue weighted by Gasteiger charge is 2.23. The molecule has 0 spiro atoms. The predicted octanol–water partition coefficient (Wildman–Crippen LogP) is 4.33. The maximum absolute atomic E-state index is 3.61. The average Bonchev–Trinajstić information content (AvgIpc) is 2.85. The van der Waals surface area contributed by atoms with Gasteiger partial charge in [0.2, 0.25) is 0 Å². The largest absolute Gasteiger partial charge is 0.0842 e. The SMILES string of the molecule is Cc1cc(C2CC2)ccc1C(C)Br. The Hall–Kier alpha value is -0.300. The Morgan fingerprint density at radius 2 is 2.08 bits per heavy atom. The Bertz CT molecular complexity index is 311. The third kappa shape index (κ3) is 1.96. The second kappa shape index (κ2) is 3.45. The number of halogens is 1. The van der Waals surface area contributed by atoms with Gasteiger partial charge in [-0.25, -0.2) is 0 Å². The van der Waals surface area contributed by atoms with Crippen molar-refractivity contribution in [3.63, 3.8) is 0 Å². The van der Waals surface area contributed by atoms with Gasteiger partial charge in [0.15, 0.2) is 0 Å². The van der Waals surface area contributed by atoms with Gasteiger partial charge in [0.05, 0.1) is 0 Å². The van der Waals surface area contributed by atoms with Crippen LogP contribution in [0.2, 0.25) is 0 Å². The number of hydrogen-bond acceptors (Lipinski definition) is 0. The van der Waals surface area contributed by atoms with Crippen molar-refractivity contribution in [1.29, 1.82) is 0 Å². The van der Waals surface area contributed by atoms with Crippen molar-refractivity contribution in [2.24, 2.45) is 0 Å². The second-order valence-corrected chi connectivity index (χ2v) is 5.38. The molecule has 13 heavy (non-hydrogen) atoms. The Morgan fingerprint density at radius 1 is 1.38 bits per heavy atom. The minimum atomic E-state index is 0.473. The van der Waals surface area contributed by atoms with E-state index in [2.05, 4.69) is 48.0 Å². The normalized spacial score (nSPS) is 18.7. The van der Waals surface area contributed by atoms with Crippen LogP contribution in [0.1, 0.15) is 47.2 Å². The summed E-state index contributed by atoms with van der Waals surface area (Å²) in [7, 11) is 0. The van der Waals surface area contributed by atoms with Crippen LogP contribution in [0.25, 0.3) is 0 Å². The lowest BCUT2D eigenvalue weighted by Crippen LogP contribution is -1.90. The second-order valence-electron chi connectivity index (χ2n) is 4.01. The first-order valence-corrected chi connectivity index (χ1v) is 5.84. The van der Waals surface area contributed by atoms with Crippen LogP contribution in [0.4, 0.5) is 0 Å². The lowest BCUT2D eigenvalue weighted by Gasteiger charge is -2.09. The quantitative estimate of drug-likeness (QED) is 0.674. The van der Waals surface area contributed by atoms with Gasteiger partial charge in [-0.1, -0.05) is 34.1 Å². The molecular weight excluding hydrogens is 224 g/mol. The Kier molecular flexibility index (Phi) is 2.46. The highest BCUT2D eigenvalue weighted by molar-refractivity contribution is 9.09. The highest BCUT2D eigenvalue weighted by Crippen LogP contribution is 2.41. The van der Waals surface area contributed by atoms with Gasteiger partial charge in [-0.3, -0.25) is 0 Å². The number of benzene rings is 1. The summed E-state index contributed by atoms with van der Waals surface area (Å²) >= 11 is 3.61. The number of alkyl halides is 1. The number of rotatable bonds is 2. The summed E-state index contributed by atoms with van der Waals surface area (Å²) in [5, 5.41) is 0. The number of aryl methyl sites for hydroxylation is 1. The van der Waals surface area contributed by atoms with Gasteiger partial charge in [0, 0.05) is 4.83 Å². The van der Waals surface area contributed by atoms with Crippen LogP contribution in [0.5, 0.6) is 0 Å². The van der Waals surface area contributed by atoms with E-state index >= 15 is 0 Å². The Morgan fingerprint density at radius 3 is 2.54 bits per heavy atom. The molecular formula is C12H15Br. The molecule has 1 atom stereocenters. The molecule has 1 heteroatoms. The molecule has 0 aromatic heterocycles. The molecule has 0 N–H and O–H groups in total. The van der Waals surface area contributed by atoms with E-state index < -0.39 is 0 Å². The fourth-order valence-electron chi connectivity index (χ4n) is 1.82. The first kappa shape index (κ1) is 9.26. The first-order chi connectivity index (χ1) is 6.18. The summed E-state index contributed by atoms with van der Waals surface area (Å²) in [6, 6.07) is 6.91. The minimum Gasteiger partial charge on any atom is -0.0842 e. The molecule has 1 fully saturated rings. The van der Waals surface area contributed by atoms with E-state index in [1.165, 1.54) is 29.5 Å². The molecule has 0 heterocycles. The van der Waals surface area contributed by atoms with Crippen LogP contribution in [0, 0.1) is 6.92 Å². The van der Waals surface area contributed by atoms with Crippen LogP contribution in [-0.4, -0.2) is 0 Å². The summed E-state index contributed by atoms with van der Waals surface area (Å²) in [5.74, 6) is 0.874. The zero-order valence-corrected chi connectivity index (χ0v) is 9.76. The third-order valence-electron chi connectivity index (χ3n) is 2.77. The molecule has 1 saturated carbocycles. The fraction of sp³-hybridized carbons (Fsp3) is 0.500. The Balaban J connectivity index is 2.31. The maximum Gasteiger partial charge on any atom is 0.0369 e. The average molecular weight is 239 g/mol. The van der Waals surface area contributed by atoms with Crippen molar-refractivity contribution in [3.05, 3.63) is 34.9 Å². The van der Waals surface area contributed by atoms with E-state index in [1.807, 2.05) is 0 Å². The minimum absolute atomic E-state index is 0.473. The van der Waals surface area contributed by atoms with Gasteiger partial charge in [-0.2, -0.15) is 0 Å². The standard InChI is InChI=1S/C12H15Br/c1-8-7-11(10-3-4-10)5-6-12(8)9(2)13/h5-7,9-10H,3-4H2,1-2H3. The summed E-state index contributed by atoms with van der Waals surface area (Å²) in [5.41, 5.74) is 4.38. The topological polar surface area (TPSA) is 0 Å². The third-order valence-corrected chi connectivity index (χ3v) is 3.26. The molecule has 0 aliphatic heterocycles. The van der Waals surface area contributed by atoms with Crippen molar-refractivity contribution < 1.29 is 0 Å². The Labute approximate surface area is 88.5 Å². The lowest BCUT2D eigenvalue weighted by atomic mass is 10.0. The predicted molar refractivity (Wildman–Crippen MR) is 60.5 cm³/mol. The molecule has 0 nitrogen and oxygen atoms in total. The molecule has 0 saturated heterocycles. The van der Waals surface area contributed by atoms with Crippen LogP contribution >= 0.6 is 15.9 Å². The van der Waals surface area contributed by atoms with E-state index in [9.17, 15) is 0 Å². The van der Waals surface area contributed by atoms with Crippen molar-refractivity contribution in [2.45, 2.75) is 37.4 Å². The summed E-state index contributed by atoms with van der Waals surface area (Å²) < 4.78 is 0. The van der Waals surface area contributed by atoms with Crippen molar-refractivity contribution in [2.75, 3.05) is 0 Å². The smallest absolute Gasteiger partial charge is 0.0369 e. The van der Waals surface area contributed by atoms with Crippen molar-refractivity contribution >= 4 is 15.9 Å². The molecule has 1 aromatic carbocycles. The van der Waals surface area contributed by atoms with Crippen molar-refractivity contribution in [3.8, 4) is 0 Å². The zero-order valence-electron chi connectivity index (χ0n) is 8.18. The van der Waals surface area contributed by atoms with E-state index in [0.29, 0.717) is 4.83 Å². The van der Waals surface area contributed by atoms with Gasteiger partial charge < -0.3 is 0 Å². The molecule has 1 aromatic rings. The fourth-order valence-corrected chi connectivity index (χ4v) is 2.33. The van der Waals surface area contributed by atoms with Crippen LogP contribution < -0.4 is 0 Å². The maximum atomic E-state index is 3.61. The molecule has 0 radical (unpaired) electrons. The van der Waals surface area contributed by atoms with Gasteiger partial charge in [0.25, 0.3) is 0 Å². The first-order valence-electron chi connectivity index (χ1n) is 4.93. The van der Waals surface area contributed by atoms with Crippen molar-refractivity contribution in [1.82, 2.24) is 0 Å². The monoisotopic (exact) mass is 238 g/mol. The molecule has 0 bridgehead atoms. The molecule has 2 rings (SSSR count). The van der Waals surface area contributed by atoms with E-state index in [-0.39, 0.29) is 0 Å². The van der Waals surface area contributed by atoms with Crippen LogP contribution in [0.15, 0.2) is 18.2 Å².